The minimum atomic E-state index is 0. The highest BCUT2D eigenvalue weighted by molar-refractivity contribution is 6.28. The molecule has 0 bridgehead atoms. The molecule has 1 aliphatic rings. The van der Waals surface area contributed by atoms with Crippen molar-refractivity contribution in [1.82, 2.24) is 5.32 Å². The highest BCUT2D eigenvalue weighted by atomic mass is 35.5. The lowest BCUT2D eigenvalue weighted by molar-refractivity contribution is 0.725. The highest BCUT2D eigenvalue weighted by Crippen LogP contribution is 1.94. The Kier molecular flexibility index (Phi) is 3.98. The molecule has 0 aromatic rings. The molecule has 0 aliphatic carbocycles. The topological polar surface area (TPSA) is 24.4 Å². The molecule has 0 aromatic heterocycles. The van der Waals surface area contributed by atoms with Crippen LogP contribution in [0.1, 0.15) is 6.92 Å². The van der Waals surface area contributed by atoms with E-state index in [1.807, 2.05) is 0 Å². The standard InChI is InChI=1S/C5H9ClN2.ClH/c1-4-3-7-5(2-6)8-4;/h4H,2-3H2,1H3,(H,7,8);1H. The van der Waals surface area contributed by atoms with Crippen molar-refractivity contribution in [2.75, 3.05) is 12.4 Å². The zero-order chi connectivity index (χ0) is 5.98. The molecule has 1 unspecified atom stereocenters. The van der Waals surface area contributed by atoms with Crippen LogP contribution < -0.4 is 5.32 Å². The van der Waals surface area contributed by atoms with E-state index in [1.54, 1.807) is 0 Å². The number of amidine groups is 1. The molecule has 0 saturated carbocycles. The first-order valence-corrected chi connectivity index (χ1v) is 3.22. The van der Waals surface area contributed by atoms with Gasteiger partial charge in [-0.1, -0.05) is 0 Å². The molecule has 1 heterocycles. The largest absolute Gasteiger partial charge is 0.369 e. The van der Waals surface area contributed by atoms with E-state index in [2.05, 4.69) is 17.2 Å². The van der Waals surface area contributed by atoms with Crippen LogP contribution >= 0.6 is 24.0 Å². The van der Waals surface area contributed by atoms with Crippen LogP contribution in [-0.2, 0) is 0 Å². The molecule has 4 heteroatoms. The maximum absolute atomic E-state index is 5.48. The molecule has 0 aromatic carbocycles. The van der Waals surface area contributed by atoms with Crippen LogP contribution in [0.3, 0.4) is 0 Å². The number of nitrogens with zero attached hydrogens (tertiary/aromatic N) is 1. The van der Waals surface area contributed by atoms with Gasteiger partial charge in [-0.3, -0.25) is 4.99 Å². The fourth-order valence-electron chi connectivity index (χ4n) is 0.704. The molecule has 0 fully saturated rings. The van der Waals surface area contributed by atoms with Crippen molar-refractivity contribution in [3.05, 3.63) is 0 Å². The Morgan fingerprint density at radius 1 is 1.89 bits per heavy atom. The van der Waals surface area contributed by atoms with Crippen LogP contribution in [-0.4, -0.2) is 24.3 Å². The molecule has 0 amide bonds. The molecular formula is C5H10Cl2N2. The fraction of sp³-hybridized carbons (Fsp3) is 0.800. The number of aliphatic imine (C=N–C) groups is 1. The summed E-state index contributed by atoms with van der Waals surface area (Å²) in [6.45, 7) is 2.96. The second-order valence-electron chi connectivity index (χ2n) is 1.97. The van der Waals surface area contributed by atoms with Gasteiger partial charge in [0.25, 0.3) is 0 Å². The molecule has 0 saturated heterocycles. The second-order valence-corrected chi connectivity index (χ2v) is 2.23. The average Bonchev–Trinajstić information content (AvgIpc) is 2.14. The lowest BCUT2D eigenvalue weighted by Crippen LogP contribution is -2.27. The Morgan fingerprint density at radius 3 is 2.78 bits per heavy atom. The number of nitrogens with one attached hydrogen (secondary N) is 1. The average molecular weight is 169 g/mol. The van der Waals surface area contributed by atoms with E-state index in [9.17, 15) is 0 Å². The number of hydrogen-bond acceptors (Lipinski definition) is 2. The van der Waals surface area contributed by atoms with E-state index in [-0.39, 0.29) is 12.4 Å². The van der Waals surface area contributed by atoms with Gasteiger partial charge in [0.15, 0.2) is 0 Å². The molecule has 1 N–H and O–H groups in total. The number of hydrogen-bond donors (Lipinski definition) is 1. The Labute approximate surface area is 66.1 Å². The van der Waals surface area contributed by atoms with Crippen LogP contribution in [0.2, 0.25) is 0 Å². The van der Waals surface area contributed by atoms with Crippen molar-refractivity contribution in [3.63, 3.8) is 0 Å². The molecule has 9 heavy (non-hydrogen) atoms. The second kappa shape index (κ2) is 3.96. The summed E-state index contributed by atoms with van der Waals surface area (Å²) in [5.74, 6) is 1.45. The maximum atomic E-state index is 5.48. The molecule has 2 nitrogen and oxygen atoms in total. The van der Waals surface area contributed by atoms with Gasteiger partial charge in [0, 0.05) is 6.04 Å². The van der Waals surface area contributed by atoms with Crippen LogP contribution in [0.15, 0.2) is 4.99 Å². The van der Waals surface area contributed by atoms with Crippen molar-refractivity contribution in [2.24, 2.45) is 4.99 Å². The van der Waals surface area contributed by atoms with Gasteiger partial charge >= 0.3 is 0 Å². The van der Waals surface area contributed by atoms with Gasteiger partial charge in [-0.25, -0.2) is 0 Å². The Hall–Kier alpha value is 0.0500. The quantitative estimate of drug-likeness (QED) is 0.582. The van der Waals surface area contributed by atoms with E-state index in [1.165, 1.54) is 0 Å². The summed E-state index contributed by atoms with van der Waals surface area (Å²) in [6.07, 6.45) is 0. The molecule has 0 spiro atoms. The van der Waals surface area contributed by atoms with Crippen molar-refractivity contribution in [1.29, 1.82) is 0 Å². The lowest BCUT2D eigenvalue weighted by atomic mass is 10.4. The van der Waals surface area contributed by atoms with Crippen LogP contribution in [0.4, 0.5) is 0 Å². The number of rotatable bonds is 1. The summed E-state index contributed by atoms with van der Waals surface area (Å²) in [7, 11) is 0. The fourth-order valence-corrected chi connectivity index (χ4v) is 0.865. The molecule has 0 radical (unpaired) electrons. The molecule has 1 rings (SSSR count). The highest BCUT2D eigenvalue weighted by Gasteiger charge is 2.09. The summed E-state index contributed by atoms with van der Waals surface area (Å²) in [5, 5.41) is 3.12. The molecule has 1 atom stereocenters. The lowest BCUT2D eigenvalue weighted by Gasteiger charge is -2.00. The first-order valence-electron chi connectivity index (χ1n) is 2.68. The van der Waals surface area contributed by atoms with Gasteiger partial charge in [0.1, 0.15) is 5.84 Å². The minimum absolute atomic E-state index is 0. The Bertz CT molecular complexity index is 114. The van der Waals surface area contributed by atoms with Gasteiger partial charge in [-0.05, 0) is 6.92 Å². The van der Waals surface area contributed by atoms with Gasteiger partial charge in [-0.15, -0.1) is 24.0 Å². The van der Waals surface area contributed by atoms with E-state index in [4.69, 9.17) is 11.6 Å². The summed E-state index contributed by atoms with van der Waals surface area (Å²) < 4.78 is 0. The predicted molar refractivity (Wildman–Crippen MR) is 42.9 cm³/mol. The molecular weight excluding hydrogens is 159 g/mol. The zero-order valence-corrected chi connectivity index (χ0v) is 6.80. The summed E-state index contributed by atoms with van der Waals surface area (Å²) >= 11 is 5.48. The Morgan fingerprint density at radius 2 is 2.56 bits per heavy atom. The van der Waals surface area contributed by atoms with Gasteiger partial charge in [0.2, 0.25) is 0 Å². The van der Waals surface area contributed by atoms with E-state index >= 15 is 0 Å². The van der Waals surface area contributed by atoms with Crippen molar-refractivity contribution >= 4 is 29.8 Å². The van der Waals surface area contributed by atoms with Gasteiger partial charge < -0.3 is 5.32 Å². The normalized spacial score (nSPS) is 24.2. The van der Waals surface area contributed by atoms with Crippen LogP contribution in [0.5, 0.6) is 0 Å². The third-order valence-electron chi connectivity index (χ3n) is 1.10. The van der Waals surface area contributed by atoms with E-state index in [0.29, 0.717) is 11.9 Å². The summed E-state index contributed by atoms with van der Waals surface area (Å²) in [5.41, 5.74) is 0. The zero-order valence-electron chi connectivity index (χ0n) is 5.22. The third kappa shape index (κ3) is 2.41. The van der Waals surface area contributed by atoms with E-state index in [0.717, 1.165) is 12.4 Å². The molecule has 54 valence electrons. The third-order valence-corrected chi connectivity index (χ3v) is 1.35. The monoisotopic (exact) mass is 168 g/mol. The van der Waals surface area contributed by atoms with Gasteiger partial charge in [0.05, 0.1) is 12.4 Å². The SMILES string of the molecule is CC1CN=C(CCl)N1.Cl. The number of halogens is 2. The number of alkyl halides is 1. The van der Waals surface area contributed by atoms with E-state index < -0.39 is 0 Å². The maximum Gasteiger partial charge on any atom is 0.112 e. The van der Waals surface area contributed by atoms with Gasteiger partial charge in [-0.2, -0.15) is 0 Å². The minimum Gasteiger partial charge on any atom is -0.369 e. The summed E-state index contributed by atoms with van der Waals surface area (Å²) in [6, 6.07) is 0.490. The van der Waals surface area contributed by atoms with Crippen LogP contribution in [0.25, 0.3) is 0 Å². The van der Waals surface area contributed by atoms with Crippen molar-refractivity contribution in [3.8, 4) is 0 Å². The smallest absolute Gasteiger partial charge is 0.112 e. The summed E-state index contributed by atoms with van der Waals surface area (Å²) in [4.78, 5) is 4.11. The predicted octanol–water partition coefficient (Wildman–Crippen LogP) is 1.04. The van der Waals surface area contributed by atoms with Crippen LogP contribution in [0, 0.1) is 0 Å². The first kappa shape index (κ1) is 9.05. The van der Waals surface area contributed by atoms with Crippen molar-refractivity contribution in [2.45, 2.75) is 13.0 Å². The molecule has 1 aliphatic heterocycles. The Balaban J connectivity index is 0.000000640. The first-order chi connectivity index (χ1) is 3.83. The van der Waals surface area contributed by atoms with Crippen molar-refractivity contribution < 1.29 is 0 Å².